The fourth-order valence-corrected chi connectivity index (χ4v) is 3.77. The van der Waals surface area contributed by atoms with Gasteiger partial charge in [0.25, 0.3) is 0 Å². The Kier molecular flexibility index (Phi) is 6.09. The van der Waals surface area contributed by atoms with Crippen LogP contribution in [0.4, 0.5) is 14.6 Å². The molecule has 1 saturated carbocycles. The Labute approximate surface area is 172 Å². The molecule has 2 aliphatic rings. The van der Waals surface area contributed by atoms with Gasteiger partial charge in [0.2, 0.25) is 5.43 Å². The smallest absolute Gasteiger partial charge is 0.341 e. The van der Waals surface area contributed by atoms with Gasteiger partial charge in [0.1, 0.15) is 17.4 Å². The maximum atomic E-state index is 14.8. The van der Waals surface area contributed by atoms with Crippen LogP contribution in [0.2, 0.25) is 0 Å². The van der Waals surface area contributed by atoms with Crippen molar-refractivity contribution < 1.29 is 18.7 Å². The van der Waals surface area contributed by atoms with Gasteiger partial charge in [-0.05, 0) is 25.5 Å². The predicted octanol–water partition coefficient (Wildman–Crippen LogP) is 2.37. The number of anilines is 1. The number of hydrogen-bond acceptors (Lipinski definition) is 5. The SMILES string of the molecule is CCNC[C@H]1CN(c2nc3c(cc2F)c(=O)c(C(=O)O)cn3C2CC2)C[C@@H]1F.Cl. The molecule has 29 heavy (non-hydrogen) atoms. The molecule has 0 unspecified atom stereocenters. The van der Waals surface area contributed by atoms with Gasteiger partial charge in [-0.15, -0.1) is 12.4 Å². The van der Waals surface area contributed by atoms with Crippen molar-refractivity contribution in [2.24, 2.45) is 5.92 Å². The zero-order chi connectivity index (χ0) is 20.0. The lowest BCUT2D eigenvalue weighted by Gasteiger charge is -2.20. The minimum Gasteiger partial charge on any atom is -0.477 e. The predicted molar refractivity (Wildman–Crippen MR) is 108 cm³/mol. The molecule has 4 rings (SSSR count). The van der Waals surface area contributed by atoms with Crippen LogP contribution in [0.5, 0.6) is 0 Å². The van der Waals surface area contributed by atoms with E-state index in [0.717, 1.165) is 25.5 Å². The molecule has 0 amide bonds. The summed E-state index contributed by atoms with van der Waals surface area (Å²) in [6, 6.07) is 1.08. The summed E-state index contributed by atoms with van der Waals surface area (Å²) in [5.41, 5.74) is -0.907. The number of nitrogens with one attached hydrogen (secondary N) is 1. The summed E-state index contributed by atoms with van der Waals surface area (Å²) in [4.78, 5) is 29.8. The second-order valence-corrected chi connectivity index (χ2v) is 7.47. The van der Waals surface area contributed by atoms with E-state index < -0.39 is 29.0 Å². The average Bonchev–Trinajstić information content (AvgIpc) is 3.43. The van der Waals surface area contributed by atoms with Crippen molar-refractivity contribution >= 4 is 35.2 Å². The number of carboxylic acid groups (broad SMARTS) is 1. The van der Waals surface area contributed by atoms with Crippen molar-refractivity contribution in [3.63, 3.8) is 0 Å². The molecule has 2 aromatic heterocycles. The summed E-state index contributed by atoms with van der Waals surface area (Å²) in [5.74, 6) is -2.36. The van der Waals surface area contributed by atoms with Crippen LogP contribution >= 0.6 is 12.4 Å². The first kappa shape index (κ1) is 21.4. The minimum absolute atomic E-state index is 0. The van der Waals surface area contributed by atoms with Crippen LogP contribution in [-0.4, -0.2) is 53.0 Å². The minimum atomic E-state index is -1.35. The topological polar surface area (TPSA) is 87.5 Å². The molecule has 0 aromatic carbocycles. The molecule has 3 heterocycles. The molecule has 10 heteroatoms. The number of fused-ring (bicyclic) bond motifs is 1. The number of nitrogens with zero attached hydrogens (tertiary/aromatic N) is 3. The van der Waals surface area contributed by atoms with Crippen molar-refractivity contribution in [2.45, 2.75) is 32.0 Å². The van der Waals surface area contributed by atoms with E-state index in [1.165, 1.54) is 6.20 Å². The summed E-state index contributed by atoms with van der Waals surface area (Å²) in [5, 5.41) is 12.3. The number of halogens is 3. The highest BCUT2D eigenvalue weighted by Crippen LogP contribution is 2.37. The highest BCUT2D eigenvalue weighted by Gasteiger charge is 2.35. The standard InChI is InChI=1S/C19H22F2N4O3.ClH/c1-2-22-6-10-7-24(9-15(10)21)18-14(20)5-12-16(26)13(19(27)28)8-25(11-3-4-11)17(12)23-18;/h5,8,10-11,15,22H,2-4,6-7,9H2,1H3,(H,27,28);1H/t10-,15-;/m0./s1. The van der Waals surface area contributed by atoms with Crippen LogP contribution in [0.15, 0.2) is 17.1 Å². The number of carbonyl (C=O) groups is 1. The van der Waals surface area contributed by atoms with E-state index in [1.807, 2.05) is 6.92 Å². The van der Waals surface area contributed by atoms with Gasteiger partial charge in [-0.2, -0.15) is 0 Å². The van der Waals surface area contributed by atoms with Crippen molar-refractivity contribution in [1.29, 1.82) is 0 Å². The van der Waals surface area contributed by atoms with Gasteiger partial charge in [-0.3, -0.25) is 4.79 Å². The van der Waals surface area contributed by atoms with E-state index in [-0.39, 0.29) is 47.8 Å². The molecule has 2 aromatic rings. The van der Waals surface area contributed by atoms with Gasteiger partial charge in [0.15, 0.2) is 11.6 Å². The number of carboxylic acids is 1. The zero-order valence-corrected chi connectivity index (χ0v) is 16.7. The molecule has 2 fully saturated rings. The fraction of sp³-hybridized carbons (Fsp3) is 0.526. The lowest BCUT2D eigenvalue weighted by atomic mass is 10.1. The summed E-state index contributed by atoms with van der Waals surface area (Å²) in [6.07, 6.45) is 1.87. The zero-order valence-electron chi connectivity index (χ0n) is 15.9. The summed E-state index contributed by atoms with van der Waals surface area (Å²) in [7, 11) is 0. The van der Waals surface area contributed by atoms with E-state index in [1.54, 1.807) is 9.47 Å². The maximum Gasteiger partial charge on any atom is 0.341 e. The largest absolute Gasteiger partial charge is 0.477 e. The number of rotatable bonds is 6. The Bertz CT molecular complexity index is 996. The van der Waals surface area contributed by atoms with Crippen molar-refractivity contribution in [2.75, 3.05) is 31.1 Å². The van der Waals surface area contributed by atoms with Gasteiger partial charge >= 0.3 is 5.97 Å². The second kappa shape index (κ2) is 8.23. The van der Waals surface area contributed by atoms with E-state index in [2.05, 4.69) is 10.3 Å². The highest BCUT2D eigenvalue weighted by molar-refractivity contribution is 5.92. The first-order valence-electron chi connectivity index (χ1n) is 9.49. The lowest BCUT2D eigenvalue weighted by molar-refractivity contribution is 0.0695. The number of aromatic nitrogens is 2. The Hall–Kier alpha value is -2.26. The molecule has 158 valence electrons. The van der Waals surface area contributed by atoms with Crippen LogP contribution < -0.4 is 15.6 Å². The van der Waals surface area contributed by atoms with Crippen LogP contribution in [0.3, 0.4) is 0 Å². The van der Waals surface area contributed by atoms with Crippen LogP contribution in [0.25, 0.3) is 11.0 Å². The van der Waals surface area contributed by atoms with Crippen molar-refractivity contribution in [1.82, 2.24) is 14.9 Å². The van der Waals surface area contributed by atoms with Crippen LogP contribution in [0.1, 0.15) is 36.2 Å². The third-order valence-electron chi connectivity index (χ3n) is 5.43. The maximum absolute atomic E-state index is 14.8. The molecule has 1 aliphatic heterocycles. The van der Waals surface area contributed by atoms with Crippen molar-refractivity contribution in [3.05, 3.63) is 33.9 Å². The van der Waals surface area contributed by atoms with Gasteiger partial charge in [-0.25, -0.2) is 18.6 Å². The number of hydrogen-bond donors (Lipinski definition) is 2. The molecule has 0 bridgehead atoms. The van der Waals surface area contributed by atoms with Gasteiger partial charge < -0.3 is 19.9 Å². The first-order valence-corrected chi connectivity index (χ1v) is 9.49. The summed E-state index contributed by atoms with van der Waals surface area (Å²) < 4.78 is 30.8. The summed E-state index contributed by atoms with van der Waals surface area (Å²) >= 11 is 0. The summed E-state index contributed by atoms with van der Waals surface area (Å²) in [6.45, 7) is 3.52. The number of alkyl halides is 1. The lowest BCUT2D eigenvalue weighted by Crippen LogP contribution is -2.29. The molecule has 2 N–H and O–H groups in total. The van der Waals surface area contributed by atoms with Crippen molar-refractivity contribution in [3.8, 4) is 0 Å². The molecule has 2 atom stereocenters. The Balaban J connectivity index is 0.00000240. The first-order chi connectivity index (χ1) is 13.4. The second-order valence-electron chi connectivity index (χ2n) is 7.47. The van der Waals surface area contributed by atoms with E-state index in [9.17, 15) is 23.5 Å². The normalized spacial score (nSPS) is 21.4. The third-order valence-corrected chi connectivity index (χ3v) is 5.43. The molecule has 1 saturated heterocycles. The highest BCUT2D eigenvalue weighted by atomic mass is 35.5. The molecule has 0 radical (unpaired) electrons. The van der Waals surface area contributed by atoms with Crippen LogP contribution in [-0.2, 0) is 0 Å². The Morgan fingerprint density at radius 2 is 2.10 bits per heavy atom. The van der Waals surface area contributed by atoms with Gasteiger partial charge in [0.05, 0.1) is 11.9 Å². The Morgan fingerprint density at radius 1 is 1.38 bits per heavy atom. The molecule has 0 spiro atoms. The number of aromatic carboxylic acids is 1. The molecular formula is C19H23ClF2N4O3. The monoisotopic (exact) mass is 428 g/mol. The third kappa shape index (κ3) is 3.93. The van der Waals surface area contributed by atoms with E-state index in [0.29, 0.717) is 13.1 Å². The van der Waals surface area contributed by atoms with E-state index >= 15 is 0 Å². The average molecular weight is 429 g/mol. The fourth-order valence-electron chi connectivity index (χ4n) is 3.77. The quantitative estimate of drug-likeness (QED) is 0.734. The molecule has 1 aliphatic carbocycles. The Morgan fingerprint density at radius 3 is 2.72 bits per heavy atom. The van der Waals surface area contributed by atoms with E-state index in [4.69, 9.17) is 0 Å². The van der Waals surface area contributed by atoms with Gasteiger partial charge in [-0.1, -0.05) is 6.92 Å². The molecule has 7 nitrogen and oxygen atoms in total. The molecular weight excluding hydrogens is 406 g/mol. The van der Waals surface area contributed by atoms with Gasteiger partial charge in [0, 0.05) is 31.2 Å². The van der Waals surface area contributed by atoms with Crippen LogP contribution in [0, 0.1) is 11.7 Å². The number of pyridine rings is 2.